The summed E-state index contributed by atoms with van der Waals surface area (Å²) in [6.45, 7) is 6.63. The van der Waals surface area contributed by atoms with Crippen molar-refractivity contribution < 1.29 is 28.6 Å². The second kappa shape index (κ2) is 59.9. The predicted octanol–water partition coefficient (Wildman–Crippen LogP) is 21.0. The van der Waals surface area contributed by atoms with Crippen LogP contribution in [0.4, 0.5) is 0 Å². The van der Waals surface area contributed by atoms with Gasteiger partial charge in [0, 0.05) is 19.3 Å². The van der Waals surface area contributed by atoms with Gasteiger partial charge in [0.2, 0.25) is 0 Å². The van der Waals surface area contributed by atoms with Gasteiger partial charge in [0.05, 0.1) is 0 Å². The number of rotatable bonds is 57. The molecule has 71 heavy (non-hydrogen) atoms. The monoisotopic (exact) mass is 995 g/mol. The molecule has 0 N–H and O–H groups in total. The average Bonchev–Trinajstić information content (AvgIpc) is 3.37. The van der Waals surface area contributed by atoms with Crippen LogP contribution in [0.1, 0.15) is 329 Å². The predicted molar refractivity (Wildman–Crippen MR) is 307 cm³/mol. The van der Waals surface area contributed by atoms with E-state index in [4.69, 9.17) is 14.2 Å². The highest BCUT2D eigenvalue weighted by Gasteiger charge is 2.19. The van der Waals surface area contributed by atoms with Gasteiger partial charge in [0.1, 0.15) is 13.2 Å². The number of ether oxygens (including phenoxy) is 3. The maximum absolute atomic E-state index is 12.9. The molecule has 0 spiro atoms. The van der Waals surface area contributed by atoms with Crippen LogP contribution in [0.5, 0.6) is 0 Å². The highest BCUT2D eigenvalue weighted by molar-refractivity contribution is 5.71. The van der Waals surface area contributed by atoms with Crippen LogP contribution in [0.3, 0.4) is 0 Å². The van der Waals surface area contributed by atoms with Gasteiger partial charge in [0.25, 0.3) is 0 Å². The smallest absolute Gasteiger partial charge is 0.306 e. The molecule has 0 amide bonds. The van der Waals surface area contributed by atoms with Gasteiger partial charge >= 0.3 is 17.9 Å². The number of hydrogen-bond acceptors (Lipinski definition) is 6. The van der Waals surface area contributed by atoms with Crippen molar-refractivity contribution in [1.82, 2.24) is 0 Å². The van der Waals surface area contributed by atoms with Gasteiger partial charge < -0.3 is 14.2 Å². The molecule has 0 aromatic heterocycles. The van der Waals surface area contributed by atoms with E-state index in [0.29, 0.717) is 19.3 Å². The van der Waals surface area contributed by atoms with Crippen LogP contribution < -0.4 is 0 Å². The van der Waals surface area contributed by atoms with Crippen LogP contribution in [-0.2, 0) is 28.6 Å². The van der Waals surface area contributed by atoms with E-state index in [2.05, 4.69) is 69.4 Å². The first-order valence-electron chi connectivity index (χ1n) is 31.1. The normalized spacial score (nSPS) is 12.3. The molecule has 0 aliphatic rings. The van der Waals surface area contributed by atoms with E-state index in [1.807, 2.05) is 0 Å². The summed E-state index contributed by atoms with van der Waals surface area (Å²) >= 11 is 0. The molecule has 0 saturated heterocycles. The lowest BCUT2D eigenvalue weighted by atomic mass is 10.0. The molecule has 0 saturated carbocycles. The third kappa shape index (κ3) is 58.1. The Kier molecular flexibility index (Phi) is 57.7. The van der Waals surface area contributed by atoms with Crippen LogP contribution in [-0.4, -0.2) is 37.2 Å². The molecule has 1 unspecified atom stereocenters. The molecule has 0 radical (unpaired) electrons. The summed E-state index contributed by atoms with van der Waals surface area (Å²) in [5.41, 5.74) is 0. The van der Waals surface area contributed by atoms with Gasteiger partial charge in [-0.3, -0.25) is 14.4 Å². The number of esters is 3. The Morgan fingerprint density at radius 3 is 0.803 bits per heavy atom. The molecule has 0 bridgehead atoms. The molecule has 0 heterocycles. The van der Waals surface area contributed by atoms with Crippen molar-refractivity contribution in [2.24, 2.45) is 0 Å². The van der Waals surface area contributed by atoms with Gasteiger partial charge in [-0.05, 0) is 103 Å². The molecule has 0 aliphatic carbocycles. The fraction of sp³-hybridized carbons (Fsp3) is 0.831. The molecule has 0 fully saturated rings. The zero-order valence-electron chi connectivity index (χ0n) is 47.5. The highest BCUT2D eigenvalue weighted by atomic mass is 16.6. The minimum Gasteiger partial charge on any atom is -0.462 e. The summed E-state index contributed by atoms with van der Waals surface area (Å²) in [5, 5.41) is 0. The van der Waals surface area contributed by atoms with E-state index < -0.39 is 6.10 Å². The van der Waals surface area contributed by atoms with E-state index in [1.165, 1.54) is 199 Å². The second-order valence-corrected chi connectivity index (χ2v) is 21.0. The quantitative estimate of drug-likeness (QED) is 0.0261. The summed E-state index contributed by atoms with van der Waals surface area (Å²) in [7, 11) is 0. The summed E-state index contributed by atoms with van der Waals surface area (Å²) in [5.74, 6) is -0.887. The van der Waals surface area contributed by atoms with Crippen LogP contribution in [0.25, 0.3) is 0 Å². The fourth-order valence-corrected chi connectivity index (χ4v) is 9.05. The first kappa shape index (κ1) is 68.4. The molecule has 0 aromatic rings. The van der Waals surface area contributed by atoms with E-state index >= 15 is 0 Å². The van der Waals surface area contributed by atoms with Crippen molar-refractivity contribution in [2.75, 3.05) is 13.2 Å². The van der Waals surface area contributed by atoms with E-state index in [1.54, 1.807) is 0 Å². The van der Waals surface area contributed by atoms with Crippen molar-refractivity contribution in [3.8, 4) is 0 Å². The van der Waals surface area contributed by atoms with Crippen molar-refractivity contribution in [1.29, 1.82) is 0 Å². The second-order valence-electron chi connectivity index (χ2n) is 21.0. The lowest BCUT2D eigenvalue weighted by Gasteiger charge is -2.18. The van der Waals surface area contributed by atoms with Crippen molar-refractivity contribution in [3.63, 3.8) is 0 Å². The van der Waals surface area contributed by atoms with E-state index in [-0.39, 0.29) is 31.1 Å². The zero-order valence-corrected chi connectivity index (χ0v) is 47.5. The highest BCUT2D eigenvalue weighted by Crippen LogP contribution is 2.16. The van der Waals surface area contributed by atoms with Crippen molar-refractivity contribution in [2.45, 2.75) is 335 Å². The topological polar surface area (TPSA) is 78.9 Å². The van der Waals surface area contributed by atoms with Crippen LogP contribution in [0, 0.1) is 0 Å². The zero-order chi connectivity index (χ0) is 51.4. The number of unbranched alkanes of at least 4 members (excludes halogenated alkanes) is 38. The fourth-order valence-electron chi connectivity index (χ4n) is 9.05. The maximum Gasteiger partial charge on any atom is 0.306 e. The maximum atomic E-state index is 12.9. The summed E-state index contributed by atoms with van der Waals surface area (Å²) < 4.78 is 16.9. The Morgan fingerprint density at radius 1 is 0.282 bits per heavy atom. The Balaban J connectivity index is 4.31. The summed E-state index contributed by atoms with van der Waals surface area (Å²) in [6, 6.07) is 0. The van der Waals surface area contributed by atoms with E-state index in [0.717, 1.165) is 89.9 Å². The number of allylic oxidation sites excluding steroid dienone is 8. The Labute approximate surface area is 441 Å². The summed E-state index contributed by atoms with van der Waals surface area (Å²) in [6.07, 6.45) is 74.0. The van der Waals surface area contributed by atoms with E-state index in [9.17, 15) is 14.4 Å². The standard InChI is InChI=1S/C65H118O6/c1-4-7-10-13-16-19-22-25-28-30-31-32-33-34-35-36-38-40-43-46-49-52-55-58-64(67)70-61-62(60-69-63(66)57-54-51-48-45-42-39-27-24-21-18-15-12-9-6-3)71-65(68)59-56-53-50-47-44-41-37-29-26-23-20-17-14-11-8-5-2/h20,23-24,27,29-31,37,62H,4-19,21-22,25-26,28,32-36,38-61H2,1-3H3/b23-20-,27-24-,31-30-,37-29-. The van der Waals surface area contributed by atoms with Gasteiger partial charge in [-0.1, -0.05) is 256 Å². The average molecular weight is 996 g/mol. The van der Waals surface area contributed by atoms with Crippen LogP contribution >= 0.6 is 0 Å². The van der Waals surface area contributed by atoms with Gasteiger partial charge in [-0.15, -0.1) is 0 Å². The third-order valence-corrected chi connectivity index (χ3v) is 13.8. The Morgan fingerprint density at radius 2 is 0.507 bits per heavy atom. The lowest BCUT2D eigenvalue weighted by Crippen LogP contribution is -2.30. The molecule has 414 valence electrons. The minimum atomic E-state index is -0.784. The number of carbonyl (C=O) groups excluding carboxylic acids is 3. The Hall–Kier alpha value is -2.63. The number of hydrogen-bond donors (Lipinski definition) is 0. The SMILES string of the molecule is CCCCCC/C=C\C/C=C\CCCCCCCC(=O)OC(COC(=O)CCCCCCC/C=C\CCCCCCC)COC(=O)CCCCCCCCCCCCC/C=C\CCCCCCCCCC. The van der Waals surface area contributed by atoms with Crippen molar-refractivity contribution >= 4 is 17.9 Å². The molecular formula is C65H118O6. The molecule has 1 atom stereocenters. The van der Waals surface area contributed by atoms with Crippen LogP contribution in [0.15, 0.2) is 48.6 Å². The minimum absolute atomic E-state index is 0.0799. The molecule has 6 nitrogen and oxygen atoms in total. The molecule has 6 heteroatoms. The van der Waals surface area contributed by atoms with Gasteiger partial charge in [0.15, 0.2) is 6.10 Å². The molecule has 0 rings (SSSR count). The lowest BCUT2D eigenvalue weighted by molar-refractivity contribution is -0.167. The first-order valence-corrected chi connectivity index (χ1v) is 31.1. The molecular weight excluding hydrogens is 877 g/mol. The third-order valence-electron chi connectivity index (χ3n) is 13.8. The first-order chi connectivity index (χ1) is 35.0. The largest absolute Gasteiger partial charge is 0.462 e. The molecule has 0 aliphatic heterocycles. The molecule has 0 aromatic carbocycles. The van der Waals surface area contributed by atoms with Gasteiger partial charge in [-0.2, -0.15) is 0 Å². The van der Waals surface area contributed by atoms with Gasteiger partial charge in [-0.25, -0.2) is 0 Å². The van der Waals surface area contributed by atoms with Crippen molar-refractivity contribution in [3.05, 3.63) is 48.6 Å². The number of carbonyl (C=O) groups is 3. The Bertz CT molecular complexity index is 1230. The van der Waals surface area contributed by atoms with Crippen LogP contribution in [0.2, 0.25) is 0 Å². The summed E-state index contributed by atoms with van der Waals surface area (Å²) in [4.78, 5) is 38.2.